The fraction of sp³-hybridized carbons (Fsp3) is 0.353. The normalized spacial score (nSPS) is 10.9. The molecule has 124 valence electrons. The van der Waals surface area contributed by atoms with Crippen LogP contribution in [0.1, 0.15) is 43.1 Å². The van der Waals surface area contributed by atoms with E-state index in [0.29, 0.717) is 6.42 Å². The summed E-state index contributed by atoms with van der Waals surface area (Å²) < 4.78 is 2.52. The molecular formula is C17H20N6O. The summed E-state index contributed by atoms with van der Waals surface area (Å²) in [4.78, 5) is 12.5. The van der Waals surface area contributed by atoms with E-state index in [1.165, 1.54) is 21.8 Å². The van der Waals surface area contributed by atoms with Crippen molar-refractivity contribution in [2.45, 2.75) is 39.0 Å². The number of rotatable bonds is 6. The van der Waals surface area contributed by atoms with Gasteiger partial charge < -0.3 is 0 Å². The van der Waals surface area contributed by atoms with E-state index in [1.807, 2.05) is 30.3 Å². The highest BCUT2D eigenvalue weighted by Gasteiger charge is 2.19. The minimum absolute atomic E-state index is 0.356. The molecule has 0 N–H and O–H groups in total. The van der Waals surface area contributed by atoms with E-state index in [4.69, 9.17) is 0 Å². The second-order valence-electron chi connectivity index (χ2n) is 5.64. The van der Waals surface area contributed by atoms with Gasteiger partial charge in [0.2, 0.25) is 0 Å². The minimum Gasteiger partial charge on any atom is -0.243 e. The maximum atomic E-state index is 12.5. The van der Waals surface area contributed by atoms with Gasteiger partial charge in [0.05, 0.1) is 23.8 Å². The predicted octanol–water partition coefficient (Wildman–Crippen LogP) is 2.71. The van der Waals surface area contributed by atoms with Crippen LogP contribution >= 0.6 is 0 Å². The van der Waals surface area contributed by atoms with Crippen molar-refractivity contribution in [2.75, 3.05) is 0 Å². The summed E-state index contributed by atoms with van der Waals surface area (Å²) in [6.45, 7) is 2.15. The Morgan fingerprint density at radius 1 is 1.12 bits per heavy atom. The number of carbonyl (C=O) groups is 1. The first-order valence-corrected chi connectivity index (χ1v) is 8.18. The summed E-state index contributed by atoms with van der Waals surface area (Å²) in [6.07, 6.45) is 7.62. The molecule has 3 aromatic rings. The lowest BCUT2D eigenvalue weighted by molar-refractivity contribution is 0.236. The van der Waals surface area contributed by atoms with Crippen molar-refractivity contribution in [3.05, 3.63) is 59.7 Å². The van der Waals surface area contributed by atoms with Crippen molar-refractivity contribution in [1.82, 2.24) is 30.0 Å². The molecule has 0 saturated heterocycles. The van der Waals surface area contributed by atoms with Crippen LogP contribution in [0.25, 0.3) is 0 Å². The van der Waals surface area contributed by atoms with Crippen LogP contribution in [-0.4, -0.2) is 36.0 Å². The number of hydrogen-bond donors (Lipinski definition) is 0. The molecule has 0 aliphatic heterocycles. The Balaban J connectivity index is 1.89. The molecule has 0 atom stereocenters. The van der Waals surface area contributed by atoms with Gasteiger partial charge in [0.15, 0.2) is 0 Å². The standard InChI is InChI=1S/C17H20N6O/c1-2-3-5-10-16-15(13-14-8-6-4-7-9-14)19-21-23(16)17(24)22-12-11-18-20-22/h4,6-9,11-12H,2-3,5,10,13H2,1H3. The molecular weight excluding hydrogens is 304 g/mol. The van der Waals surface area contributed by atoms with Crippen LogP contribution in [0, 0.1) is 0 Å². The van der Waals surface area contributed by atoms with Crippen LogP contribution in [0.4, 0.5) is 4.79 Å². The zero-order chi connectivity index (χ0) is 16.8. The van der Waals surface area contributed by atoms with E-state index in [0.717, 1.165) is 42.6 Å². The second kappa shape index (κ2) is 7.63. The molecule has 0 unspecified atom stereocenters. The maximum absolute atomic E-state index is 12.5. The molecule has 0 saturated carbocycles. The van der Waals surface area contributed by atoms with E-state index in [-0.39, 0.29) is 6.03 Å². The number of aromatic nitrogens is 6. The van der Waals surface area contributed by atoms with Gasteiger partial charge in [-0.15, -0.1) is 10.2 Å². The zero-order valence-corrected chi connectivity index (χ0v) is 13.7. The van der Waals surface area contributed by atoms with E-state index >= 15 is 0 Å². The highest BCUT2D eigenvalue weighted by molar-refractivity contribution is 5.77. The van der Waals surface area contributed by atoms with Gasteiger partial charge in [-0.25, -0.2) is 4.79 Å². The summed E-state index contributed by atoms with van der Waals surface area (Å²) >= 11 is 0. The lowest BCUT2D eigenvalue weighted by atomic mass is 10.1. The molecule has 24 heavy (non-hydrogen) atoms. The predicted molar refractivity (Wildman–Crippen MR) is 88.7 cm³/mol. The van der Waals surface area contributed by atoms with Crippen molar-refractivity contribution < 1.29 is 4.79 Å². The van der Waals surface area contributed by atoms with Gasteiger partial charge in [-0.3, -0.25) is 0 Å². The van der Waals surface area contributed by atoms with Crippen LogP contribution in [0.2, 0.25) is 0 Å². The third-order valence-electron chi connectivity index (χ3n) is 3.87. The van der Waals surface area contributed by atoms with Crippen molar-refractivity contribution in [3.8, 4) is 0 Å². The number of hydrogen-bond acceptors (Lipinski definition) is 5. The molecule has 1 aromatic carbocycles. The third-order valence-corrected chi connectivity index (χ3v) is 3.87. The smallest absolute Gasteiger partial charge is 0.243 e. The maximum Gasteiger partial charge on any atom is 0.372 e. The highest BCUT2D eigenvalue weighted by Crippen LogP contribution is 2.15. The van der Waals surface area contributed by atoms with Crippen molar-refractivity contribution in [1.29, 1.82) is 0 Å². The molecule has 0 aliphatic carbocycles. The average molecular weight is 324 g/mol. The van der Waals surface area contributed by atoms with Gasteiger partial charge in [0, 0.05) is 6.42 Å². The minimum atomic E-state index is -0.356. The Kier molecular flexibility index (Phi) is 5.10. The summed E-state index contributed by atoms with van der Waals surface area (Å²) in [7, 11) is 0. The van der Waals surface area contributed by atoms with Gasteiger partial charge in [-0.2, -0.15) is 9.36 Å². The molecule has 0 spiro atoms. The lowest BCUT2D eigenvalue weighted by Gasteiger charge is -2.07. The number of unbranched alkanes of at least 4 members (excludes halogenated alkanes) is 2. The topological polar surface area (TPSA) is 78.5 Å². The van der Waals surface area contributed by atoms with Gasteiger partial charge in [0.25, 0.3) is 0 Å². The fourth-order valence-corrected chi connectivity index (χ4v) is 2.61. The lowest BCUT2D eigenvalue weighted by Crippen LogP contribution is -2.23. The molecule has 7 nitrogen and oxygen atoms in total. The monoisotopic (exact) mass is 324 g/mol. The third kappa shape index (κ3) is 3.56. The zero-order valence-electron chi connectivity index (χ0n) is 13.7. The molecule has 0 bridgehead atoms. The first-order valence-electron chi connectivity index (χ1n) is 8.18. The molecule has 7 heteroatoms. The molecule has 0 fully saturated rings. The van der Waals surface area contributed by atoms with Gasteiger partial charge >= 0.3 is 6.03 Å². The second-order valence-corrected chi connectivity index (χ2v) is 5.64. The largest absolute Gasteiger partial charge is 0.372 e. The first kappa shape index (κ1) is 16.0. The molecule has 3 rings (SSSR count). The fourth-order valence-electron chi connectivity index (χ4n) is 2.61. The summed E-state index contributed by atoms with van der Waals surface area (Å²) in [5.41, 5.74) is 2.84. The number of benzene rings is 1. The van der Waals surface area contributed by atoms with Gasteiger partial charge in [-0.1, -0.05) is 60.5 Å². The van der Waals surface area contributed by atoms with Crippen LogP contribution in [-0.2, 0) is 12.8 Å². The van der Waals surface area contributed by atoms with Gasteiger partial charge in [-0.05, 0) is 18.4 Å². The highest BCUT2D eigenvalue weighted by atomic mass is 16.2. The SMILES string of the molecule is CCCCCc1c(Cc2ccccc2)nnn1C(=O)n1ccnn1. The van der Waals surface area contributed by atoms with Crippen LogP contribution in [0.15, 0.2) is 42.7 Å². The van der Waals surface area contributed by atoms with Crippen molar-refractivity contribution >= 4 is 6.03 Å². The van der Waals surface area contributed by atoms with Crippen LogP contribution in [0.5, 0.6) is 0 Å². The Labute approximate surface area is 140 Å². The molecule has 2 aromatic heterocycles. The average Bonchev–Trinajstić information content (AvgIpc) is 3.26. The molecule has 2 heterocycles. The number of nitrogens with zero attached hydrogens (tertiary/aromatic N) is 6. The quantitative estimate of drug-likeness (QED) is 0.651. The Morgan fingerprint density at radius 3 is 2.67 bits per heavy atom. The van der Waals surface area contributed by atoms with Crippen molar-refractivity contribution in [2.24, 2.45) is 0 Å². The van der Waals surface area contributed by atoms with Crippen LogP contribution in [0.3, 0.4) is 0 Å². The molecule has 0 aliphatic rings. The van der Waals surface area contributed by atoms with E-state index in [2.05, 4.69) is 27.5 Å². The van der Waals surface area contributed by atoms with Gasteiger partial charge in [0.1, 0.15) is 0 Å². The Morgan fingerprint density at radius 2 is 1.96 bits per heavy atom. The Hall–Kier alpha value is -2.83. The summed E-state index contributed by atoms with van der Waals surface area (Å²) in [5.74, 6) is 0. The molecule has 0 amide bonds. The van der Waals surface area contributed by atoms with Crippen molar-refractivity contribution in [3.63, 3.8) is 0 Å². The van der Waals surface area contributed by atoms with E-state index in [9.17, 15) is 4.79 Å². The first-order chi connectivity index (χ1) is 11.8. The summed E-state index contributed by atoms with van der Waals surface area (Å²) in [5, 5.41) is 15.8. The van der Waals surface area contributed by atoms with Crippen LogP contribution < -0.4 is 0 Å². The van der Waals surface area contributed by atoms with E-state index < -0.39 is 0 Å². The summed E-state index contributed by atoms with van der Waals surface area (Å²) in [6, 6.07) is 9.72. The Bertz CT molecular complexity index is 779. The number of carbonyl (C=O) groups excluding carboxylic acids is 1. The van der Waals surface area contributed by atoms with E-state index in [1.54, 1.807) is 0 Å². The molecule has 0 radical (unpaired) electrons.